The topological polar surface area (TPSA) is 49.3 Å². The van der Waals surface area contributed by atoms with E-state index in [0.717, 1.165) is 29.7 Å². The molecule has 0 aliphatic carbocycles. The SMILES string of the molecule is CC#CC(=O)N1CCC(c2nc(N(C)C)ncc2-c2cccc(Cl)c2)CC1. The van der Waals surface area contributed by atoms with E-state index in [1.165, 1.54) is 0 Å². The van der Waals surface area contributed by atoms with Gasteiger partial charge in [0.15, 0.2) is 0 Å². The fraction of sp³-hybridized carbons (Fsp3) is 0.381. The van der Waals surface area contributed by atoms with Gasteiger partial charge in [-0.1, -0.05) is 29.7 Å². The lowest BCUT2D eigenvalue weighted by Crippen LogP contribution is -2.37. The quantitative estimate of drug-likeness (QED) is 0.761. The minimum Gasteiger partial charge on any atom is -0.347 e. The summed E-state index contributed by atoms with van der Waals surface area (Å²) in [5.74, 6) is 6.17. The van der Waals surface area contributed by atoms with Crippen LogP contribution in [0.3, 0.4) is 0 Å². The Labute approximate surface area is 165 Å². The first kappa shape index (κ1) is 19.2. The van der Waals surface area contributed by atoms with Crippen molar-refractivity contribution in [3.8, 4) is 23.0 Å². The molecular weight excluding hydrogens is 360 g/mol. The van der Waals surface area contributed by atoms with Gasteiger partial charge >= 0.3 is 0 Å². The number of piperidine rings is 1. The van der Waals surface area contributed by atoms with E-state index in [2.05, 4.69) is 16.8 Å². The number of carbonyl (C=O) groups is 1. The lowest BCUT2D eigenvalue weighted by atomic mass is 9.89. The normalized spacial score (nSPS) is 14.4. The van der Waals surface area contributed by atoms with Gasteiger partial charge in [-0.15, -0.1) is 0 Å². The van der Waals surface area contributed by atoms with Crippen molar-refractivity contribution in [1.82, 2.24) is 14.9 Å². The summed E-state index contributed by atoms with van der Waals surface area (Å²) in [7, 11) is 3.87. The van der Waals surface area contributed by atoms with Crippen molar-refractivity contribution in [2.24, 2.45) is 0 Å². The highest BCUT2D eigenvalue weighted by molar-refractivity contribution is 6.30. The molecule has 1 saturated heterocycles. The fourth-order valence-corrected chi connectivity index (χ4v) is 3.52. The van der Waals surface area contributed by atoms with Crippen LogP contribution < -0.4 is 4.90 Å². The molecule has 1 aliphatic rings. The van der Waals surface area contributed by atoms with E-state index in [4.69, 9.17) is 16.6 Å². The van der Waals surface area contributed by atoms with Crippen LogP contribution in [0, 0.1) is 11.8 Å². The third kappa shape index (κ3) is 4.40. The Morgan fingerprint density at radius 1 is 1.30 bits per heavy atom. The number of hydrogen-bond donors (Lipinski definition) is 0. The number of benzene rings is 1. The highest BCUT2D eigenvalue weighted by Crippen LogP contribution is 2.35. The monoisotopic (exact) mass is 382 g/mol. The van der Waals surface area contributed by atoms with Gasteiger partial charge in [-0.05, 0) is 43.4 Å². The summed E-state index contributed by atoms with van der Waals surface area (Å²) in [5, 5.41) is 0.689. The second kappa shape index (κ2) is 8.41. The van der Waals surface area contributed by atoms with Crippen molar-refractivity contribution >= 4 is 23.5 Å². The van der Waals surface area contributed by atoms with E-state index in [1.807, 2.05) is 54.4 Å². The molecule has 0 saturated carbocycles. The molecule has 140 valence electrons. The lowest BCUT2D eigenvalue weighted by Gasteiger charge is -2.31. The Morgan fingerprint density at radius 3 is 2.67 bits per heavy atom. The molecule has 2 heterocycles. The first-order chi connectivity index (χ1) is 13.0. The molecule has 2 aromatic rings. The third-order valence-electron chi connectivity index (χ3n) is 4.74. The van der Waals surface area contributed by atoms with Gasteiger partial charge in [0.05, 0.1) is 5.69 Å². The Balaban J connectivity index is 1.92. The van der Waals surface area contributed by atoms with E-state index in [1.54, 1.807) is 6.92 Å². The molecule has 27 heavy (non-hydrogen) atoms. The van der Waals surface area contributed by atoms with Crippen LogP contribution in [0.4, 0.5) is 5.95 Å². The molecule has 1 amide bonds. The van der Waals surface area contributed by atoms with Gasteiger partial charge in [-0.3, -0.25) is 4.79 Å². The number of likely N-dealkylation sites (tertiary alicyclic amines) is 1. The molecule has 0 N–H and O–H groups in total. The number of amides is 1. The van der Waals surface area contributed by atoms with E-state index >= 15 is 0 Å². The molecule has 1 aliphatic heterocycles. The van der Waals surface area contributed by atoms with Crippen molar-refractivity contribution in [1.29, 1.82) is 0 Å². The predicted molar refractivity (Wildman–Crippen MR) is 109 cm³/mol. The number of nitrogens with zero attached hydrogens (tertiary/aromatic N) is 4. The van der Waals surface area contributed by atoms with Crippen LogP contribution in [-0.2, 0) is 4.79 Å². The van der Waals surface area contributed by atoms with E-state index < -0.39 is 0 Å². The van der Waals surface area contributed by atoms with Crippen molar-refractivity contribution < 1.29 is 4.79 Å². The summed E-state index contributed by atoms with van der Waals surface area (Å²) in [6, 6.07) is 7.76. The zero-order valence-corrected chi connectivity index (χ0v) is 16.6. The maximum absolute atomic E-state index is 12.0. The summed E-state index contributed by atoms with van der Waals surface area (Å²) >= 11 is 6.19. The Bertz CT molecular complexity index is 893. The second-order valence-corrected chi connectivity index (χ2v) is 7.25. The van der Waals surface area contributed by atoms with Crippen molar-refractivity contribution in [3.05, 3.63) is 41.2 Å². The molecule has 1 aromatic heterocycles. The molecule has 6 heteroatoms. The number of rotatable bonds is 3. The number of aromatic nitrogens is 2. The van der Waals surface area contributed by atoms with Gasteiger partial charge in [0.2, 0.25) is 5.95 Å². The van der Waals surface area contributed by atoms with E-state index in [-0.39, 0.29) is 11.8 Å². The zero-order valence-electron chi connectivity index (χ0n) is 15.9. The van der Waals surface area contributed by atoms with Gasteiger partial charge in [-0.2, -0.15) is 0 Å². The van der Waals surface area contributed by atoms with Gasteiger partial charge in [0, 0.05) is 49.9 Å². The molecule has 0 atom stereocenters. The molecule has 1 fully saturated rings. The summed E-state index contributed by atoms with van der Waals surface area (Å²) in [5.41, 5.74) is 3.03. The molecule has 3 rings (SSSR count). The van der Waals surface area contributed by atoms with Gasteiger partial charge in [0.25, 0.3) is 5.91 Å². The number of hydrogen-bond acceptors (Lipinski definition) is 4. The summed E-state index contributed by atoms with van der Waals surface area (Å²) in [6.07, 6.45) is 3.59. The summed E-state index contributed by atoms with van der Waals surface area (Å²) in [4.78, 5) is 25.1. The van der Waals surface area contributed by atoms with Crippen LogP contribution >= 0.6 is 11.6 Å². The molecule has 1 aromatic carbocycles. The molecule has 0 bridgehead atoms. The minimum atomic E-state index is -0.0947. The van der Waals surface area contributed by atoms with Crippen LogP contribution in [0.15, 0.2) is 30.5 Å². The second-order valence-electron chi connectivity index (χ2n) is 6.82. The first-order valence-corrected chi connectivity index (χ1v) is 9.39. The van der Waals surface area contributed by atoms with Crippen molar-refractivity contribution in [3.63, 3.8) is 0 Å². The highest BCUT2D eigenvalue weighted by Gasteiger charge is 2.27. The molecule has 0 radical (unpaired) electrons. The molecule has 5 nitrogen and oxygen atoms in total. The minimum absolute atomic E-state index is 0.0947. The van der Waals surface area contributed by atoms with Crippen LogP contribution in [0.25, 0.3) is 11.1 Å². The third-order valence-corrected chi connectivity index (χ3v) is 4.98. The number of carbonyl (C=O) groups excluding carboxylic acids is 1. The predicted octanol–water partition coefficient (Wildman–Crippen LogP) is 3.59. The molecular formula is C21H23ClN4O. The fourth-order valence-electron chi connectivity index (χ4n) is 3.33. The number of halogens is 1. The maximum Gasteiger partial charge on any atom is 0.298 e. The van der Waals surface area contributed by atoms with Gasteiger partial charge in [-0.25, -0.2) is 9.97 Å². The van der Waals surface area contributed by atoms with E-state index in [0.29, 0.717) is 24.1 Å². The van der Waals surface area contributed by atoms with Crippen LogP contribution in [-0.4, -0.2) is 48.0 Å². The van der Waals surface area contributed by atoms with E-state index in [9.17, 15) is 4.79 Å². The average molecular weight is 383 g/mol. The maximum atomic E-state index is 12.0. The number of anilines is 1. The summed E-state index contributed by atoms with van der Waals surface area (Å²) < 4.78 is 0. The standard InChI is InChI=1S/C21H23ClN4O/c1-4-6-19(27)26-11-9-15(10-12-26)20-18(14-23-21(24-20)25(2)3)16-7-5-8-17(22)13-16/h5,7-8,13-15H,9-12H2,1-3H3. The Morgan fingerprint density at radius 2 is 2.04 bits per heavy atom. The highest BCUT2D eigenvalue weighted by atomic mass is 35.5. The average Bonchev–Trinajstić information content (AvgIpc) is 2.68. The van der Waals surface area contributed by atoms with Gasteiger partial charge < -0.3 is 9.80 Å². The van der Waals surface area contributed by atoms with Crippen molar-refractivity contribution in [2.75, 3.05) is 32.1 Å². The Hall–Kier alpha value is -2.58. The first-order valence-electron chi connectivity index (χ1n) is 9.01. The lowest BCUT2D eigenvalue weighted by molar-refractivity contribution is -0.126. The van der Waals surface area contributed by atoms with Crippen LogP contribution in [0.5, 0.6) is 0 Å². The van der Waals surface area contributed by atoms with Crippen LogP contribution in [0.1, 0.15) is 31.4 Å². The van der Waals surface area contributed by atoms with Crippen LogP contribution in [0.2, 0.25) is 5.02 Å². The Kier molecular flexibility index (Phi) is 5.98. The summed E-state index contributed by atoms with van der Waals surface area (Å²) in [6.45, 7) is 3.06. The molecule has 0 unspecified atom stereocenters. The smallest absolute Gasteiger partial charge is 0.298 e. The molecule has 0 spiro atoms. The largest absolute Gasteiger partial charge is 0.347 e. The van der Waals surface area contributed by atoms with Crippen molar-refractivity contribution in [2.45, 2.75) is 25.7 Å². The van der Waals surface area contributed by atoms with Gasteiger partial charge in [0.1, 0.15) is 0 Å². The zero-order chi connectivity index (χ0) is 19.4.